The number of rotatable bonds is 4. The monoisotopic (exact) mass is 215 g/mol. The van der Waals surface area contributed by atoms with Crippen molar-refractivity contribution in [2.45, 2.75) is 45.3 Å². The van der Waals surface area contributed by atoms with E-state index >= 15 is 0 Å². The minimum atomic E-state index is -1.27. The van der Waals surface area contributed by atoms with Gasteiger partial charge in [-0.15, -0.1) is 0 Å². The molecule has 1 rings (SSSR count). The molecule has 0 spiro atoms. The van der Waals surface area contributed by atoms with Crippen LogP contribution in [-0.4, -0.2) is 46.8 Å². The second-order valence-electron chi connectivity index (χ2n) is 5.21. The summed E-state index contributed by atoms with van der Waals surface area (Å²) >= 11 is 0. The molecule has 2 atom stereocenters. The van der Waals surface area contributed by atoms with E-state index in [1.165, 1.54) is 6.42 Å². The summed E-state index contributed by atoms with van der Waals surface area (Å²) in [6, 6.07) is 0.411. The largest absolute Gasteiger partial charge is 0.479 e. The van der Waals surface area contributed by atoms with Gasteiger partial charge in [0.05, 0.1) is 0 Å². The Morgan fingerprint density at radius 2 is 2.20 bits per heavy atom. The molecule has 0 aliphatic carbocycles. The van der Waals surface area contributed by atoms with E-state index in [0.717, 1.165) is 19.4 Å². The summed E-state index contributed by atoms with van der Waals surface area (Å²) in [7, 11) is 2.06. The quantitative estimate of drug-likeness (QED) is 0.732. The molecule has 0 amide bonds. The zero-order chi connectivity index (χ0) is 11.6. The first-order valence-corrected chi connectivity index (χ1v) is 5.45. The number of hydrogen-bond acceptors (Lipinski definition) is 3. The first-order valence-electron chi connectivity index (χ1n) is 5.45. The van der Waals surface area contributed by atoms with Gasteiger partial charge in [-0.3, -0.25) is 0 Å². The second-order valence-corrected chi connectivity index (χ2v) is 5.21. The third-order valence-electron chi connectivity index (χ3n) is 3.41. The maximum absolute atomic E-state index is 10.7. The van der Waals surface area contributed by atoms with Crippen LogP contribution in [0, 0.1) is 5.41 Å². The van der Waals surface area contributed by atoms with Gasteiger partial charge in [0.25, 0.3) is 0 Å². The predicted molar refractivity (Wildman–Crippen MR) is 57.7 cm³/mol. The Morgan fingerprint density at radius 1 is 1.60 bits per heavy atom. The number of carbonyl (C=O) groups is 1. The molecule has 1 aliphatic heterocycles. The van der Waals surface area contributed by atoms with Gasteiger partial charge in [0.1, 0.15) is 0 Å². The zero-order valence-electron chi connectivity index (χ0n) is 9.73. The van der Waals surface area contributed by atoms with E-state index in [2.05, 4.69) is 11.9 Å². The van der Waals surface area contributed by atoms with Crippen LogP contribution in [0.2, 0.25) is 0 Å². The van der Waals surface area contributed by atoms with Crippen molar-refractivity contribution in [3.8, 4) is 0 Å². The Morgan fingerprint density at radius 3 is 2.60 bits per heavy atom. The molecule has 0 saturated carbocycles. The lowest BCUT2D eigenvalue weighted by atomic mass is 9.80. The van der Waals surface area contributed by atoms with Crippen LogP contribution in [0.3, 0.4) is 0 Å². The fourth-order valence-electron chi connectivity index (χ4n) is 2.29. The van der Waals surface area contributed by atoms with Gasteiger partial charge in [0, 0.05) is 11.5 Å². The van der Waals surface area contributed by atoms with Crippen molar-refractivity contribution in [3.63, 3.8) is 0 Å². The number of likely N-dealkylation sites (tertiary alicyclic amines) is 1. The van der Waals surface area contributed by atoms with Crippen molar-refractivity contribution >= 4 is 5.97 Å². The lowest BCUT2D eigenvalue weighted by molar-refractivity contribution is -0.153. The third kappa shape index (κ3) is 2.92. The van der Waals surface area contributed by atoms with E-state index in [9.17, 15) is 9.90 Å². The van der Waals surface area contributed by atoms with Crippen molar-refractivity contribution < 1.29 is 15.0 Å². The topological polar surface area (TPSA) is 60.8 Å². The Bertz CT molecular complexity index is 240. The highest BCUT2D eigenvalue weighted by atomic mass is 16.4. The fourth-order valence-corrected chi connectivity index (χ4v) is 2.29. The summed E-state index contributed by atoms with van der Waals surface area (Å²) in [6.07, 6.45) is 1.73. The lowest BCUT2D eigenvalue weighted by Crippen LogP contribution is -2.41. The molecule has 15 heavy (non-hydrogen) atoms. The Labute approximate surface area is 90.9 Å². The number of nitrogens with zero attached hydrogens (tertiary/aromatic N) is 1. The van der Waals surface area contributed by atoms with Gasteiger partial charge in [-0.2, -0.15) is 0 Å². The summed E-state index contributed by atoms with van der Waals surface area (Å²) in [4.78, 5) is 13.0. The van der Waals surface area contributed by atoms with Crippen LogP contribution in [0.15, 0.2) is 0 Å². The van der Waals surface area contributed by atoms with Crippen LogP contribution in [0.1, 0.15) is 33.1 Å². The van der Waals surface area contributed by atoms with Crippen molar-refractivity contribution in [1.82, 2.24) is 4.90 Å². The molecule has 0 radical (unpaired) electrons. The summed E-state index contributed by atoms with van der Waals surface area (Å²) in [6.45, 7) is 4.71. The maximum atomic E-state index is 10.7. The molecular formula is C11H21NO3. The molecule has 0 bridgehead atoms. The second kappa shape index (κ2) is 4.49. The number of aliphatic hydroxyl groups is 1. The molecule has 4 heteroatoms. The number of carboxylic acid groups (broad SMARTS) is 1. The SMILES string of the molecule is CN1CCCC1CC(C)(C)C(O)C(=O)O. The van der Waals surface area contributed by atoms with E-state index in [4.69, 9.17) is 5.11 Å². The summed E-state index contributed by atoms with van der Waals surface area (Å²) in [5.41, 5.74) is -0.560. The van der Waals surface area contributed by atoms with Crippen LogP contribution < -0.4 is 0 Å². The van der Waals surface area contributed by atoms with Crippen molar-refractivity contribution in [2.75, 3.05) is 13.6 Å². The molecule has 1 saturated heterocycles. The van der Waals surface area contributed by atoms with Crippen molar-refractivity contribution in [3.05, 3.63) is 0 Å². The minimum absolute atomic E-state index is 0.411. The number of aliphatic hydroxyl groups excluding tert-OH is 1. The molecule has 1 aliphatic rings. The van der Waals surface area contributed by atoms with Crippen LogP contribution in [-0.2, 0) is 4.79 Å². The van der Waals surface area contributed by atoms with Crippen molar-refractivity contribution in [1.29, 1.82) is 0 Å². The Balaban J connectivity index is 2.58. The van der Waals surface area contributed by atoms with Crippen LogP contribution in [0.25, 0.3) is 0 Å². The molecule has 0 aromatic heterocycles. The lowest BCUT2D eigenvalue weighted by Gasteiger charge is -2.33. The average Bonchev–Trinajstić information content (AvgIpc) is 2.50. The van der Waals surface area contributed by atoms with Gasteiger partial charge in [-0.05, 0) is 32.9 Å². The van der Waals surface area contributed by atoms with Crippen molar-refractivity contribution in [2.24, 2.45) is 5.41 Å². The number of hydrogen-bond donors (Lipinski definition) is 2. The first kappa shape index (κ1) is 12.5. The van der Waals surface area contributed by atoms with Gasteiger partial charge in [0.15, 0.2) is 6.10 Å². The van der Waals surface area contributed by atoms with Crippen LogP contribution in [0.4, 0.5) is 0 Å². The highest BCUT2D eigenvalue weighted by Crippen LogP contribution is 2.32. The summed E-state index contributed by atoms with van der Waals surface area (Å²) in [5, 5.41) is 18.4. The molecule has 88 valence electrons. The predicted octanol–water partition coefficient (Wildman–Crippen LogP) is 0.942. The standard InChI is InChI=1S/C11H21NO3/c1-11(2,9(13)10(14)15)7-8-5-4-6-12(8)3/h8-9,13H,4-7H2,1-3H3,(H,14,15). The zero-order valence-corrected chi connectivity index (χ0v) is 9.73. The fraction of sp³-hybridized carbons (Fsp3) is 0.909. The maximum Gasteiger partial charge on any atom is 0.333 e. The van der Waals surface area contributed by atoms with Gasteiger partial charge in [-0.25, -0.2) is 4.79 Å². The van der Waals surface area contributed by atoms with Gasteiger partial charge < -0.3 is 15.1 Å². The molecular weight excluding hydrogens is 194 g/mol. The average molecular weight is 215 g/mol. The first-order chi connectivity index (χ1) is 6.84. The smallest absolute Gasteiger partial charge is 0.333 e. The minimum Gasteiger partial charge on any atom is -0.479 e. The molecule has 0 aromatic carbocycles. The van der Waals surface area contributed by atoms with Gasteiger partial charge in [0.2, 0.25) is 0 Å². The molecule has 1 heterocycles. The van der Waals surface area contributed by atoms with E-state index in [0.29, 0.717) is 6.04 Å². The van der Waals surface area contributed by atoms with E-state index in [1.54, 1.807) is 0 Å². The van der Waals surface area contributed by atoms with E-state index in [1.807, 2.05) is 13.8 Å². The molecule has 2 unspecified atom stereocenters. The van der Waals surface area contributed by atoms with Gasteiger partial charge in [-0.1, -0.05) is 13.8 Å². The number of aliphatic carboxylic acids is 1. The normalized spacial score (nSPS) is 25.5. The van der Waals surface area contributed by atoms with Crippen LogP contribution in [0.5, 0.6) is 0 Å². The Hall–Kier alpha value is -0.610. The van der Waals surface area contributed by atoms with E-state index in [-0.39, 0.29) is 0 Å². The molecule has 1 fully saturated rings. The molecule has 2 N–H and O–H groups in total. The van der Waals surface area contributed by atoms with Gasteiger partial charge >= 0.3 is 5.97 Å². The molecule has 0 aromatic rings. The number of carboxylic acids is 1. The summed E-state index contributed by atoms with van der Waals surface area (Å²) < 4.78 is 0. The Kier molecular flexibility index (Phi) is 3.73. The highest BCUT2D eigenvalue weighted by Gasteiger charge is 2.37. The highest BCUT2D eigenvalue weighted by molar-refractivity contribution is 5.72. The summed E-state index contributed by atoms with van der Waals surface area (Å²) in [5.74, 6) is -1.12. The third-order valence-corrected chi connectivity index (χ3v) is 3.41. The molecule has 4 nitrogen and oxygen atoms in total. The van der Waals surface area contributed by atoms with E-state index < -0.39 is 17.5 Å². The van der Waals surface area contributed by atoms with Crippen LogP contribution >= 0.6 is 0 Å².